The number of ether oxygens (including phenoxy) is 2. The molecule has 2 unspecified atom stereocenters. The Balaban J connectivity index is 1.59. The molecule has 0 aliphatic carbocycles. The molecule has 0 saturated carbocycles. The maximum absolute atomic E-state index is 12.3. The zero-order valence-electron chi connectivity index (χ0n) is 19.8. The standard InChI is InChI=1S/C19H25N2O15P3/c22-15-9-17(34-16(15)12-33-38(28,29)36-39(30,31)35-37(25,26)27)21-10-14(18(23)20-19(21)24)11-32-8-4-7-13-5-2-1-3-6-13/h1-7,10,15-17,22H,8-9,11-12H2,(H,28,29)(H,30,31)(H,20,23,24)(H2,25,26,27)/b7-4+/t15-,16-,17-/m1/s1. The van der Waals surface area contributed by atoms with Crippen molar-refractivity contribution in [2.75, 3.05) is 13.2 Å². The Morgan fingerprint density at radius 1 is 1.05 bits per heavy atom. The molecule has 3 rings (SSSR count). The summed E-state index contributed by atoms with van der Waals surface area (Å²) in [5.74, 6) is 0. The van der Waals surface area contributed by atoms with Crippen LogP contribution in [-0.2, 0) is 42.9 Å². The third-order valence-electron chi connectivity index (χ3n) is 4.96. The molecule has 2 heterocycles. The lowest BCUT2D eigenvalue weighted by molar-refractivity contribution is -0.0451. The van der Waals surface area contributed by atoms with Gasteiger partial charge in [0.15, 0.2) is 0 Å². The van der Waals surface area contributed by atoms with Gasteiger partial charge in [0.1, 0.15) is 12.3 Å². The summed E-state index contributed by atoms with van der Waals surface area (Å²) in [5.41, 5.74) is -0.561. The first-order valence-electron chi connectivity index (χ1n) is 10.9. The van der Waals surface area contributed by atoms with Crippen LogP contribution in [0.3, 0.4) is 0 Å². The Hall–Kier alpha value is -2.07. The molecule has 0 radical (unpaired) electrons. The first kappa shape index (κ1) is 31.5. The number of H-pyrrole nitrogens is 1. The summed E-state index contributed by atoms with van der Waals surface area (Å²) in [6, 6.07) is 9.40. The minimum absolute atomic E-state index is 0.0671. The van der Waals surface area contributed by atoms with Crippen LogP contribution in [0.1, 0.15) is 23.8 Å². The molecule has 1 fully saturated rings. The minimum atomic E-state index is -5.72. The maximum atomic E-state index is 12.3. The van der Waals surface area contributed by atoms with E-state index in [4.69, 9.17) is 19.3 Å². The topological polar surface area (TPSA) is 253 Å². The number of hydrogen-bond donors (Lipinski definition) is 6. The maximum Gasteiger partial charge on any atom is 0.490 e. The zero-order chi connectivity index (χ0) is 28.8. The number of rotatable bonds is 13. The van der Waals surface area contributed by atoms with Gasteiger partial charge in [0.25, 0.3) is 5.56 Å². The van der Waals surface area contributed by atoms with E-state index < -0.39 is 59.8 Å². The molecule has 1 saturated heterocycles. The van der Waals surface area contributed by atoms with Crippen LogP contribution in [0.15, 0.2) is 52.2 Å². The molecule has 0 amide bonds. The Labute approximate surface area is 219 Å². The lowest BCUT2D eigenvalue weighted by atomic mass is 10.2. The molecule has 2 aromatic rings. The summed E-state index contributed by atoms with van der Waals surface area (Å²) < 4.78 is 57.6. The van der Waals surface area contributed by atoms with E-state index in [1.54, 1.807) is 6.08 Å². The lowest BCUT2D eigenvalue weighted by Gasteiger charge is -2.19. The van der Waals surface area contributed by atoms with Crippen LogP contribution in [0, 0.1) is 0 Å². The van der Waals surface area contributed by atoms with E-state index >= 15 is 0 Å². The minimum Gasteiger partial charge on any atom is -0.390 e. The van der Waals surface area contributed by atoms with Crippen LogP contribution in [0.25, 0.3) is 6.08 Å². The number of aliphatic hydroxyl groups is 1. The fourth-order valence-corrected chi connectivity index (χ4v) is 6.37. The van der Waals surface area contributed by atoms with Crippen molar-refractivity contribution in [2.24, 2.45) is 0 Å². The van der Waals surface area contributed by atoms with Crippen LogP contribution >= 0.6 is 23.5 Å². The molecule has 216 valence electrons. The lowest BCUT2D eigenvalue weighted by Crippen LogP contribution is -2.34. The molecule has 6 N–H and O–H groups in total. The van der Waals surface area contributed by atoms with Gasteiger partial charge in [-0.25, -0.2) is 18.5 Å². The predicted molar refractivity (Wildman–Crippen MR) is 131 cm³/mol. The molecular formula is C19H25N2O15P3. The number of hydrogen-bond acceptors (Lipinski definition) is 11. The van der Waals surface area contributed by atoms with Gasteiger partial charge in [-0.1, -0.05) is 42.5 Å². The second kappa shape index (κ2) is 13.1. The third kappa shape index (κ3) is 10.1. The van der Waals surface area contributed by atoms with Crippen LogP contribution < -0.4 is 11.2 Å². The summed E-state index contributed by atoms with van der Waals surface area (Å²) in [4.78, 5) is 62.5. The van der Waals surface area contributed by atoms with E-state index in [1.807, 2.05) is 36.4 Å². The molecule has 1 aromatic heterocycles. The van der Waals surface area contributed by atoms with Crippen molar-refractivity contribution in [3.05, 3.63) is 74.6 Å². The Morgan fingerprint density at radius 2 is 1.74 bits per heavy atom. The highest BCUT2D eigenvalue weighted by Crippen LogP contribution is 2.66. The van der Waals surface area contributed by atoms with Gasteiger partial charge in [-0.3, -0.25) is 18.9 Å². The zero-order valence-corrected chi connectivity index (χ0v) is 22.5. The SMILES string of the molecule is O=c1[nH]c(=O)n([C@H]2C[C@@H](O)[C@@H](COP(=O)(O)OP(=O)(O)OP(=O)(O)O)O2)cc1COC/C=C/c1ccccc1. The van der Waals surface area contributed by atoms with Crippen LogP contribution in [-0.4, -0.2) is 59.7 Å². The molecule has 39 heavy (non-hydrogen) atoms. The van der Waals surface area contributed by atoms with Crippen LogP contribution in [0.4, 0.5) is 0 Å². The molecule has 1 aliphatic rings. The molecule has 0 spiro atoms. The summed E-state index contributed by atoms with van der Waals surface area (Å²) in [5, 5.41) is 10.2. The number of phosphoric acid groups is 3. The number of aliphatic hydroxyl groups excluding tert-OH is 1. The number of nitrogens with one attached hydrogen (secondary N) is 1. The van der Waals surface area contributed by atoms with E-state index in [1.165, 1.54) is 6.20 Å². The first-order chi connectivity index (χ1) is 18.1. The van der Waals surface area contributed by atoms with Gasteiger partial charge < -0.3 is 34.2 Å². The van der Waals surface area contributed by atoms with E-state index in [-0.39, 0.29) is 25.2 Å². The predicted octanol–water partition coefficient (Wildman–Crippen LogP) is 0.758. The first-order valence-corrected chi connectivity index (χ1v) is 15.4. The van der Waals surface area contributed by atoms with Crippen LogP contribution in [0.5, 0.6) is 0 Å². The fraction of sp³-hybridized carbons (Fsp3) is 0.368. The van der Waals surface area contributed by atoms with Gasteiger partial charge in [0.05, 0.1) is 31.5 Å². The van der Waals surface area contributed by atoms with Crippen molar-refractivity contribution < 1.29 is 61.0 Å². The normalized spacial score (nSPS) is 23.1. The van der Waals surface area contributed by atoms with Crippen molar-refractivity contribution >= 4 is 29.5 Å². The number of aromatic amines is 1. The summed E-state index contributed by atoms with van der Waals surface area (Å²) in [6.07, 6.45) is 0.612. The Kier molecular flexibility index (Phi) is 10.5. The van der Waals surface area contributed by atoms with Crippen molar-refractivity contribution in [3.8, 4) is 0 Å². The number of aromatic nitrogens is 2. The van der Waals surface area contributed by atoms with E-state index in [0.29, 0.717) is 0 Å². The summed E-state index contributed by atoms with van der Waals surface area (Å²) >= 11 is 0. The third-order valence-corrected chi connectivity index (χ3v) is 8.76. The second-order valence-electron chi connectivity index (χ2n) is 7.97. The molecule has 1 aromatic carbocycles. The molecule has 0 bridgehead atoms. The average Bonchev–Trinajstić information content (AvgIpc) is 3.17. The molecule has 17 nitrogen and oxygen atoms in total. The largest absolute Gasteiger partial charge is 0.490 e. The molecule has 20 heteroatoms. The van der Waals surface area contributed by atoms with Crippen molar-refractivity contribution in [1.29, 1.82) is 0 Å². The highest BCUT2D eigenvalue weighted by Gasteiger charge is 2.43. The number of nitrogens with zero attached hydrogens (tertiary/aromatic N) is 1. The molecule has 5 atom stereocenters. The van der Waals surface area contributed by atoms with E-state index in [9.17, 15) is 38.2 Å². The van der Waals surface area contributed by atoms with Gasteiger partial charge in [-0.2, -0.15) is 8.62 Å². The smallest absolute Gasteiger partial charge is 0.390 e. The highest BCUT2D eigenvalue weighted by molar-refractivity contribution is 7.66. The van der Waals surface area contributed by atoms with Crippen molar-refractivity contribution in [3.63, 3.8) is 0 Å². The van der Waals surface area contributed by atoms with E-state index in [2.05, 4.69) is 18.1 Å². The van der Waals surface area contributed by atoms with Gasteiger partial charge in [-0.15, -0.1) is 0 Å². The Bertz CT molecular complexity index is 1420. The molecule has 1 aliphatic heterocycles. The fourth-order valence-electron chi connectivity index (χ4n) is 3.34. The van der Waals surface area contributed by atoms with Gasteiger partial charge in [-0.05, 0) is 5.56 Å². The van der Waals surface area contributed by atoms with Gasteiger partial charge in [0, 0.05) is 12.6 Å². The average molecular weight is 614 g/mol. The van der Waals surface area contributed by atoms with Gasteiger partial charge >= 0.3 is 29.2 Å². The highest BCUT2D eigenvalue weighted by atomic mass is 31.3. The monoisotopic (exact) mass is 614 g/mol. The summed E-state index contributed by atoms with van der Waals surface area (Å²) in [7, 11) is -16.7. The van der Waals surface area contributed by atoms with Crippen molar-refractivity contribution in [2.45, 2.75) is 31.5 Å². The number of benzene rings is 1. The second-order valence-corrected chi connectivity index (χ2v) is 12.4. The van der Waals surface area contributed by atoms with Crippen molar-refractivity contribution in [1.82, 2.24) is 9.55 Å². The summed E-state index contributed by atoms with van der Waals surface area (Å²) in [6.45, 7) is -0.919. The quantitative estimate of drug-likeness (QED) is 0.134. The van der Waals surface area contributed by atoms with Gasteiger partial charge in [0.2, 0.25) is 0 Å². The van der Waals surface area contributed by atoms with E-state index in [0.717, 1.165) is 10.1 Å². The Morgan fingerprint density at radius 3 is 2.41 bits per heavy atom. The van der Waals surface area contributed by atoms with Crippen LogP contribution in [0.2, 0.25) is 0 Å². The molecular weight excluding hydrogens is 589 g/mol. The number of phosphoric ester groups is 1.